The monoisotopic (exact) mass is 192 g/mol. The van der Waals surface area contributed by atoms with E-state index in [-0.39, 0.29) is 29.6 Å². The van der Waals surface area contributed by atoms with E-state index in [2.05, 4.69) is 0 Å². The van der Waals surface area contributed by atoms with E-state index in [9.17, 15) is 9.90 Å². The molecule has 0 aromatic carbocycles. The van der Waals surface area contributed by atoms with E-state index in [1.54, 1.807) is 0 Å². The van der Waals surface area contributed by atoms with Crippen LogP contribution >= 0.6 is 23.2 Å². The van der Waals surface area contributed by atoms with Gasteiger partial charge in [0.2, 0.25) is 0 Å². The molecule has 0 heterocycles. The predicted octanol–water partition coefficient (Wildman–Crippen LogP) is -2.63. The van der Waals surface area contributed by atoms with E-state index < -0.39 is 11.3 Å². The summed E-state index contributed by atoms with van der Waals surface area (Å²) in [5.74, 6) is -0.780. The van der Waals surface area contributed by atoms with Gasteiger partial charge in [0.05, 0.1) is 11.3 Å². The van der Waals surface area contributed by atoms with Crippen LogP contribution in [0.3, 0.4) is 0 Å². The summed E-state index contributed by atoms with van der Waals surface area (Å²) in [5, 5.41) is 9.03. The zero-order valence-electron chi connectivity index (χ0n) is 5.77. The van der Waals surface area contributed by atoms with Gasteiger partial charge in [-0.25, -0.2) is 0 Å². The van der Waals surface area contributed by atoms with Crippen LogP contribution < -0.4 is 34.7 Å². The van der Waals surface area contributed by atoms with Crippen molar-refractivity contribution < 1.29 is 39.5 Å². The SMILES string of the molecule is O=C([O-])C(Cl)CCCCl.[Na+]. The molecule has 0 amide bonds. The maximum absolute atomic E-state index is 9.92. The topological polar surface area (TPSA) is 40.1 Å². The molecule has 0 rings (SSSR count). The van der Waals surface area contributed by atoms with E-state index in [0.29, 0.717) is 18.7 Å². The van der Waals surface area contributed by atoms with Crippen molar-refractivity contribution >= 4 is 29.2 Å². The van der Waals surface area contributed by atoms with Crippen molar-refractivity contribution in [1.82, 2.24) is 0 Å². The Balaban J connectivity index is 0. The first-order valence-electron chi connectivity index (χ1n) is 2.59. The normalized spacial score (nSPS) is 11.8. The number of aliphatic carboxylic acids is 1. The summed E-state index contributed by atoms with van der Waals surface area (Å²) in [6, 6.07) is 0. The standard InChI is InChI=1S/C5H8Cl2O2.Na/c6-3-1-2-4(7)5(8)9;/h4H,1-3H2,(H,8,9);/q;+1/p-1. The third kappa shape index (κ3) is 7.16. The van der Waals surface area contributed by atoms with Gasteiger partial charge in [-0.15, -0.1) is 23.2 Å². The minimum Gasteiger partial charge on any atom is -0.549 e. The molecule has 0 aliphatic rings. The zero-order chi connectivity index (χ0) is 7.28. The van der Waals surface area contributed by atoms with Gasteiger partial charge in [0.15, 0.2) is 0 Å². The zero-order valence-corrected chi connectivity index (χ0v) is 9.28. The minimum absolute atomic E-state index is 0. The number of carbonyl (C=O) groups excluding carboxylic acids is 1. The molecule has 0 aliphatic heterocycles. The molecule has 2 nitrogen and oxygen atoms in total. The molecule has 1 atom stereocenters. The van der Waals surface area contributed by atoms with Gasteiger partial charge in [0.1, 0.15) is 0 Å². The van der Waals surface area contributed by atoms with Gasteiger partial charge in [0.25, 0.3) is 0 Å². The fourth-order valence-corrected chi connectivity index (χ4v) is 0.683. The Kier molecular flexibility index (Phi) is 11.1. The molecule has 0 saturated carbocycles. The quantitative estimate of drug-likeness (QED) is 0.362. The Bertz CT molecular complexity index is 99.6. The van der Waals surface area contributed by atoms with Gasteiger partial charge in [-0.3, -0.25) is 0 Å². The minimum atomic E-state index is -1.22. The summed E-state index contributed by atoms with van der Waals surface area (Å²) in [6.07, 6.45) is 0.997. The number of halogens is 2. The van der Waals surface area contributed by atoms with E-state index in [1.807, 2.05) is 0 Å². The molecule has 0 aliphatic carbocycles. The largest absolute Gasteiger partial charge is 1.00 e. The Labute approximate surface area is 92.2 Å². The van der Waals surface area contributed by atoms with Crippen molar-refractivity contribution in [3.05, 3.63) is 0 Å². The molecule has 0 aromatic heterocycles. The third-order valence-electron chi connectivity index (χ3n) is 0.847. The van der Waals surface area contributed by atoms with Crippen molar-refractivity contribution in [2.75, 3.05) is 5.88 Å². The van der Waals surface area contributed by atoms with Crippen LogP contribution in [0.25, 0.3) is 0 Å². The number of carbonyl (C=O) groups is 1. The maximum atomic E-state index is 9.92. The molecule has 0 bridgehead atoms. The molecule has 0 saturated heterocycles. The first-order valence-corrected chi connectivity index (χ1v) is 3.56. The van der Waals surface area contributed by atoms with E-state index in [1.165, 1.54) is 0 Å². The Morgan fingerprint density at radius 3 is 2.40 bits per heavy atom. The third-order valence-corrected chi connectivity index (χ3v) is 1.51. The van der Waals surface area contributed by atoms with Crippen LogP contribution in [0.15, 0.2) is 0 Å². The fraction of sp³-hybridized carbons (Fsp3) is 0.800. The average Bonchev–Trinajstić information content (AvgIpc) is 1.82. The number of carboxylic acid groups (broad SMARTS) is 1. The van der Waals surface area contributed by atoms with Crippen molar-refractivity contribution in [1.29, 1.82) is 0 Å². The molecule has 1 unspecified atom stereocenters. The second kappa shape index (κ2) is 8.15. The van der Waals surface area contributed by atoms with Gasteiger partial charge < -0.3 is 9.90 Å². The molecule has 54 valence electrons. The summed E-state index contributed by atoms with van der Waals surface area (Å²) in [6.45, 7) is 0. The van der Waals surface area contributed by atoms with Crippen LogP contribution in [0.2, 0.25) is 0 Å². The molecule has 5 heteroatoms. The van der Waals surface area contributed by atoms with Gasteiger partial charge in [-0.2, -0.15) is 0 Å². The van der Waals surface area contributed by atoms with Gasteiger partial charge in [-0.05, 0) is 12.8 Å². The Morgan fingerprint density at radius 2 is 2.10 bits per heavy atom. The van der Waals surface area contributed by atoms with Gasteiger partial charge >= 0.3 is 29.6 Å². The smallest absolute Gasteiger partial charge is 0.549 e. The van der Waals surface area contributed by atoms with E-state index in [4.69, 9.17) is 23.2 Å². The van der Waals surface area contributed by atoms with Crippen LogP contribution in [0.4, 0.5) is 0 Å². The predicted molar refractivity (Wildman–Crippen MR) is 34.6 cm³/mol. The van der Waals surface area contributed by atoms with Crippen LogP contribution in [0.1, 0.15) is 12.8 Å². The molecule has 0 fully saturated rings. The summed E-state index contributed by atoms with van der Waals surface area (Å²) in [4.78, 5) is 9.92. The Morgan fingerprint density at radius 1 is 1.60 bits per heavy atom. The number of hydrogen-bond acceptors (Lipinski definition) is 2. The number of hydrogen-bond donors (Lipinski definition) is 0. The summed E-state index contributed by atoms with van der Waals surface area (Å²) in [7, 11) is 0. The molecule has 0 aromatic rings. The first-order chi connectivity index (χ1) is 4.18. The van der Waals surface area contributed by atoms with Crippen LogP contribution in [0, 0.1) is 0 Å². The van der Waals surface area contributed by atoms with Crippen molar-refractivity contribution in [3.63, 3.8) is 0 Å². The van der Waals surface area contributed by atoms with Crippen LogP contribution in [0.5, 0.6) is 0 Å². The van der Waals surface area contributed by atoms with E-state index in [0.717, 1.165) is 0 Å². The number of rotatable bonds is 4. The number of alkyl halides is 2. The van der Waals surface area contributed by atoms with Crippen LogP contribution in [-0.4, -0.2) is 17.2 Å². The second-order valence-corrected chi connectivity index (χ2v) is 2.52. The van der Waals surface area contributed by atoms with Crippen molar-refractivity contribution in [3.8, 4) is 0 Å². The maximum Gasteiger partial charge on any atom is 1.00 e. The molecular formula is C5H7Cl2NaO2. The summed E-state index contributed by atoms with van der Waals surface area (Å²) >= 11 is 10.6. The average molecular weight is 193 g/mol. The van der Waals surface area contributed by atoms with Gasteiger partial charge in [-0.1, -0.05) is 0 Å². The van der Waals surface area contributed by atoms with Crippen molar-refractivity contribution in [2.24, 2.45) is 0 Å². The van der Waals surface area contributed by atoms with Gasteiger partial charge in [0, 0.05) is 5.88 Å². The Hall–Kier alpha value is 1.05. The molecular weight excluding hydrogens is 186 g/mol. The molecule has 0 spiro atoms. The number of carboxylic acids is 1. The first kappa shape index (κ1) is 13.6. The van der Waals surface area contributed by atoms with Crippen LogP contribution in [-0.2, 0) is 4.79 Å². The molecule has 0 radical (unpaired) electrons. The summed E-state index contributed by atoms with van der Waals surface area (Å²) < 4.78 is 0. The van der Waals surface area contributed by atoms with Crippen molar-refractivity contribution in [2.45, 2.75) is 18.2 Å². The molecule has 10 heavy (non-hydrogen) atoms. The molecule has 0 N–H and O–H groups in total. The summed E-state index contributed by atoms with van der Waals surface area (Å²) in [5.41, 5.74) is 0. The van der Waals surface area contributed by atoms with E-state index >= 15 is 0 Å². The fourth-order valence-electron chi connectivity index (χ4n) is 0.374. The second-order valence-electron chi connectivity index (χ2n) is 1.62.